The molecule has 0 aliphatic heterocycles. The van der Waals surface area contributed by atoms with Gasteiger partial charge in [0, 0.05) is 13.0 Å². The molecule has 0 radical (unpaired) electrons. The van der Waals surface area contributed by atoms with Gasteiger partial charge in [0.25, 0.3) is 10.0 Å². The van der Waals surface area contributed by atoms with Gasteiger partial charge in [0.1, 0.15) is 0 Å². The molecule has 1 rings (SSSR count). The van der Waals surface area contributed by atoms with E-state index in [1.54, 1.807) is 13.0 Å². The van der Waals surface area contributed by atoms with Gasteiger partial charge in [-0.15, -0.1) is 0 Å². The maximum Gasteiger partial charge on any atom is 0.328 e. The Morgan fingerprint density at radius 1 is 1.11 bits per heavy atom. The van der Waals surface area contributed by atoms with Crippen molar-refractivity contribution in [1.29, 1.82) is 0 Å². The fraction of sp³-hybridized carbons (Fsp3) is 0.500. The van der Waals surface area contributed by atoms with Crippen molar-refractivity contribution in [3.05, 3.63) is 40.8 Å². The molecule has 7 nitrogen and oxygen atoms in total. The van der Waals surface area contributed by atoms with E-state index in [1.807, 2.05) is 29.8 Å². The monoisotopic (exact) mass is 410 g/mol. The first-order chi connectivity index (χ1) is 13.3. The third-order valence-corrected chi connectivity index (χ3v) is 4.83. The number of ether oxygens (including phenoxy) is 1. The lowest BCUT2D eigenvalue weighted by atomic mass is 10.1. The summed E-state index contributed by atoms with van der Waals surface area (Å²) in [4.78, 5) is 22.9. The minimum Gasteiger partial charge on any atom is -0.466 e. The average Bonchev–Trinajstić information content (AvgIpc) is 2.62. The molecule has 156 valence electrons. The lowest BCUT2D eigenvalue weighted by Gasteiger charge is -2.06. The standard InChI is InChI=1S/C20H30N2O5S/c1-3-27-19(23)12-7-5-4-6-8-14-21-20(24)22-28(25,26)15-13-18-11-9-10-17(2)16-18/h9-11,13,15-16H,3-8,12,14H2,1-2H3,(H2,21,22,24)/b15-13+. The van der Waals surface area contributed by atoms with Gasteiger partial charge in [-0.05, 0) is 38.3 Å². The van der Waals surface area contributed by atoms with Crippen LogP contribution in [-0.4, -0.2) is 33.6 Å². The minimum absolute atomic E-state index is 0.168. The summed E-state index contributed by atoms with van der Waals surface area (Å²) in [6, 6.07) is 6.64. The second kappa shape index (κ2) is 12.9. The van der Waals surface area contributed by atoms with Gasteiger partial charge in [-0.2, -0.15) is 0 Å². The van der Waals surface area contributed by atoms with Gasteiger partial charge in [-0.25, -0.2) is 17.9 Å². The number of carbonyl (C=O) groups excluding carboxylic acids is 2. The van der Waals surface area contributed by atoms with Gasteiger partial charge in [-0.1, -0.05) is 49.1 Å². The molecule has 0 spiro atoms. The summed E-state index contributed by atoms with van der Waals surface area (Å²) in [7, 11) is -3.85. The van der Waals surface area contributed by atoms with E-state index in [-0.39, 0.29) is 5.97 Å². The van der Waals surface area contributed by atoms with E-state index < -0.39 is 16.1 Å². The fourth-order valence-corrected chi connectivity index (χ4v) is 3.24. The molecule has 1 aromatic carbocycles. The zero-order valence-corrected chi connectivity index (χ0v) is 17.4. The van der Waals surface area contributed by atoms with Crippen molar-refractivity contribution in [3.8, 4) is 0 Å². The van der Waals surface area contributed by atoms with E-state index in [0.29, 0.717) is 19.6 Å². The zero-order chi connectivity index (χ0) is 20.8. The number of esters is 1. The molecule has 28 heavy (non-hydrogen) atoms. The number of benzene rings is 1. The van der Waals surface area contributed by atoms with Crippen LogP contribution in [0, 0.1) is 6.92 Å². The van der Waals surface area contributed by atoms with Crippen molar-refractivity contribution in [1.82, 2.24) is 10.0 Å². The smallest absolute Gasteiger partial charge is 0.328 e. The van der Waals surface area contributed by atoms with E-state index in [2.05, 4.69) is 5.32 Å². The number of aryl methyl sites for hydroxylation is 1. The topological polar surface area (TPSA) is 102 Å². The van der Waals surface area contributed by atoms with Crippen molar-refractivity contribution in [2.75, 3.05) is 13.2 Å². The lowest BCUT2D eigenvalue weighted by molar-refractivity contribution is -0.143. The molecule has 0 saturated carbocycles. The summed E-state index contributed by atoms with van der Waals surface area (Å²) >= 11 is 0. The lowest BCUT2D eigenvalue weighted by Crippen LogP contribution is -2.38. The number of urea groups is 1. The van der Waals surface area contributed by atoms with Crippen molar-refractivity contribution >= 4 is 28.1 Å². The van der Waals surface area contributed by atoms with Gasteiger partial charge in [0.05, 0.1) is 12.0 Å². The Morgan fingerprint density at radius 2 is 1.82 bits per heavy atom. The third-order valence-electron chi connectivity index (χ3n) is 3.87. The number of rotatable bonds is 12. The van der Waals surface area contributed by atoms with Crippen LogP contribution in [0.25, 0.3) is 6.08 Å². The van der Waals surface area contributed by atoms with Crippen molar-refractivity contribution < 1.29 is 22.7 Å². The van der Waals surface area contributed by atoms with Crippen LogP contribution in [0.5, 0.6) is 0 Å². The molecule has 0 unspecified atom stereocenters. The Labute approximate surface area is 167 Å². The summed E-state index contributed by atoms with van der Waals surface area (Å²) in [5.41, 5.74) is 1.76. The normalized spacial score (nSPS) is 11.4. The van der Waals surface area contributed by atoms with Gasteiger partial charge >= 0.3 is 12.0 Å². The van der Waals surface area contributed by atoms with Crippen LogP contribution in [0.2, 0.25) is 0 Å². The molecule has 0 fully saturated rings. The molecular weight excluding hydrogens is 380 g/mol. The maximum absolute atomic E-state index is 11.9. The largest absolute Gasteiger partial charge is 0.466 e. The second-order valence-corrected chi connectivity index (χ2v) is 8.01. The summed E-state index contributed by atoms with van der Waals surface area (Å²) < 4.78 is 30.6. The molecule has 0 saturated heterocycles. The highest BCUT2D eigenvalue weighted by Gasteiger charge is 2.10. The predicted molar refractivity (Wildman–Crippen MR) is 110 cm³/mol. The van der Waals surface area contributed by atoms with Crippen LogP contribution in [0.1, 0.15) is 56.6 Å². The first-order valence-corrected chi connectivity index (χ1v) is 11.1. The summed E-state index contributed by atoms with van der Waals surface area (Å²) in [6.07, 6.45) is 6.16. The number of unbranched alkanes of at least 4 members (excludes halogenated alkanes) is 4. The molecule has 0 atom stereocenters. The second-order valence-electron chi connectivity index (χ2n) is 6.44. The van der Waals surface area contributed by atoms with Crippen molar-refractivity contribution in [2.45, 2.75) is 52.4 Å². The molecule has 1 aromatic rings. The van der Waals surface area contributed by atoms with Gasteiger partial charge < -0.3 is 10.1 Å². The molecule has 8 heteroatoms. The van der Waals surface area contributed by atoms with Crippen LogP contribution >= 0.6 is 0 Å². The predicted octanol–water partition coefficient (Wildman–Crippen LogP) is 3.50. The van der Waals surface area contributed by atoms with E-state index in [9.17, 15) is 18.0 Å². The van der Waals surface area contributed by atoms with Crippen LogP contribution in [0.4, 0.5) is 4.79 Å². The van der Waals surface area contributed by atoms with Gasteiger partial charge in [0.2, 0.25) is 0 Å². The summed E-state index contributed by atoms with van der Waals surface area (Å²) in [5.74, 6) is -0.168. The first-order valence-electron chi connectivity index (χ1n) is 9.53. The Bertz CT molecular complexity index is 760. The number of amides is 2. The minimum atomic E-state index is -3.85. The number of sulfonamides is 1. The number of nitrogens with one attached hydrogen (secondary N) is 2. The Morgan fingerprint density at radius 3 is 2.54 bits per heavy atom. The third kappa shape index (κ3) is 11.4. The number of hydrogen-bond acceptors (Lipinski definition) is 5. The molecule has 0 aromatic heterocycles. The number of carbonyl (C=O) groups is 2. The van der Waals surface area contributed by atoms with E-state index >= 15 is 0 Å². The maximum atomic E-state index is 11.9. The van der Waals surface area contributed by atoms with E-state index in [0.717, 1.165) is 48.6 Å². The highest BCUT2D eigenvalue weighted by Crippen LogP contribution is 2.07. The molecule has 2 amide bonds. The summed E-state index contributed by atoms with van der Waals surface area (Å²) in [6.45, 7) is 4.50. The molecule has 0 aliphatic rings. The summed E-state index contributed by atoms with van der Waals surface area (Å²) in [5, 5.41) is 3.51. The number of hydrogen-bond donors (Lipinski definition) is 2. The van der Waals surface area contributed by atoms with E-state index in [4.69, 9.17) is 4.74 Å². The zero-order valence-electron chi connectivity index (χ0n) is 16.6. The quantitative estimate of drug-likeness (QED) is 0.406. The molecule has 0 heterocycles. The average molecular weight is 411 g/mol. The molecule has 0 bridgehead atoms. The fourth-order valence-electron chi connectivity index (χ4n) is 2.50. The van der Waals surface area contributed by atoms with Crippen molar-refractivity contribution in [3.63, 3.8) is 0 Å². The highest BCUT2D eigenvalue weighted by atomic mass is 32.2. The van der Waals surface area contributed by atoms with Gasteiger partial charge in [0.15, 0.2) is 0 Å². The van der Waals surface area contributed by atoms with E-state index in [1.165, 1.54) is 6.08 Å². The van der Waals surface area contributed by atoms with Crippen LogP contribution in [0.3, 0.4) is 0 Å². The Kier molecular flexibility index (Phi) is 10.9. The molecule has 2 N–H and O–H groups in total. The van der Waals surface area contributed by atoms with Gasteiger partial charge in [-0.3, -0.25) is 4.79 Å². The van der Waals surface area contributed by atoms with Crippen molar-refractivity contribution in [2.24, 2.45) is 0 Å². The first kappa shape index (κ1) is 23.7. The SMILES string of the molecule is CCOC(=O)CCCCCCCNC(=O)NS(=O)(=O)/C=C/c1cccc(C)c1. The highest BCUT2D eigenvalue weighted by molar-refractivity contribution is 7.93. The van der Waals surface area contributed by atoms with Crippen LogP contribution in [0.15, 0.2) is 29.7 Å². The Balaban J connectivity index is 2.17. The molecule has 0 aliphatic carbocycles. The molecular formula is C20H30N2O5S. The van der Waals surface area contributed by atoms with Crippen LogP contribution < -0.4 is 10.0 Å². The van der Waals surface area contributed by atoms with Crippen LogP contribution in [-0.2, 0) is 19.6 Å². The Hall–Kier alpha value is -2.35.